The molecule has 1 saturated heterocycles. The van der Waals surface area contributed by atoms with Crippen molar-refractivity contribution in [2.45, 2.75) is 32.4 Å². The van der Waals surface area contributed by atoms with Crippen molar-refractivity contribution in [1.29, 1.82) is 0 Å². The zero-order chi connectivity index (χ0) is 13.9. The molecule has 1 N–H and O–H groups in total. The Kier molecular flexibility index (Phi) is 4.34. The van der Waals surface area contributed by atoms with Crippen LogP contribution in [0.1, 0.15) is 24.6 Å². The lowest BCUT2D eigenvalue weighted by molar-refractivity contribution is 0.298. The Bertz CT molecular complexity index is 575. The molecule has 4 heteroatoms. The van der Waals surface area contributed by atoms with Crippen LogP contribution in [0.15, 0.2) is 24.3 Å². The number of hydrogen-bond acceptors (Lipinski definition) is 3. The Hall–Kier alpha value is -0.970. The first-order chi connectivity index (χ1) is 9.70. The first kappa shape index (κ1) is 14.0. The van der Waals surface area contributed by atoms with Crippen LogP contribution in [-0.2, 0) is 6.54 Å². The lowest BCUT2D eigenvalue weighted by atomic mass is 10.2. The van der Waals surface area contributed by atoms with Gasteiger partial charge in [0.25, 0.3) is 0 Å². The van der Waals surface area contributed by atoms with Crippen molar-refractivity contribution in [3.8, 4) is 0 Å². The SMILES string of the molecule is CC(CN1CCCC1)NCc1cc2ccc(F)cc2s1. The lowest BCUT2D eigenvalue weighted by Gasteiger charge is -2.20. The Morgan fingerprint density at radius 1 is 1.30 bits per heavy atom. The van der Waals surface area contributed by atoms with E-state index >= 15 is 0 Å². The maximum atomic E-state index is 13.2. The van der Waals surface area contributed by atoms with Crippen molar-refractivity contribution in [1.82, 2.24) is 10.2 Å². The van der Waals surface area contributed by atoms with Gasteiger partial charge in [-0.1, -0.05) is 6.07 Å². The number of rotatable bonds is 5. The van der Waals surface area contributed by atoms with Crippen LogP contribution in [0.2, 0.25) is 0 Å². The van der Waals surface area contributed by atoms with Gasteiger partial charge >= 0.3 is 0 Å². The van der Waals surface area contributed by atoms with E-state index in [1.165, 1.54) is 36.9 Å². The highest BCUT2D eigenvalue weighted by molar-refractivity contribution is 7.19. The summed E-state index contributed by atoms with van der Waals surface area (Å²) < 4.78 is 14.2. The summed E-state index contributed by atoms with van der Waals surface area (Å²) in [5, 5.41) is 4.72. The van der Waals surface area contributed by atoms with Crippen LogP contribution in [-0.4, -0.2) is 30.6 Å². The van der Waals surface area contributed by atoms with Gasteiger partial charge in [-0.25, -0.2) is 4.39 Å². The number of nitrogens with one attached hydrogen (secondary N) is 1. The van der Waals surface area contributed by atoms with Gasteiger partial charge in [0.05, 0.1) is 0 Å². The van der Waals surface area contributed by atoms with Crippen LogP contribution >= 0.6 is 11.3 Å². The van der Waals surface area contributed by atoms with Crippen molar-refractivity contribution >= 4 is 21.4 Å². The van der Waals surface area contributed by atoms with E-state index in [1.807, 2.05) is 6.07 Å². The Labute approximate surface area is 123 Å². The zero-order valence-corrected chi connectivity index (χ0v) is 12.7. The minimum atomic E-state index is -0.152. The maximum absolute atomic E-state index is 13.2. The molecule has 1 aliphatic rings. The van der Waals surface area contributed by atoms with Crippen LogP contribution < -0.4 is 5.32 Å². The average molecular weight is 292 g/mol. The molecular formula is C16H21FN2S. The van der Waals surface area contributed by atoms with Crippen molar-refractivity contribution in [2.75, 3.05) is 19.6 Å². The second-order valence-corrected chi connectivity index (χ2v) is 6.85. The smallest absolute Gasteiger partial charge is 0.124 e. The molecular weight excluding hydrogens is 271 g/mol. The summed E-state index contributed by atoms with van der Waals surface area (Å²) in [6.07, 6.45) is 2.68. The molecule has 1 aliphatic heterocycles. The summed E-state index contributed by atoms with van der Waals surface area (Å²) >= 11 is 1.68. The van der Waals surface area contributed by atoms with E-state index in [2.05, 4.69) is 23.2 Å². The van der Waals surface area contributed by atoms with Gasteiger partial charge in [0.2, 0.25) is 0 Å². The largest absolute Gasteiger partial charge is 0.308 e. The molecule has 0 spiro atoms. The molecule has 2 heterocycles. The number of fused-ring (bicyclic) bond motifs is 1. The molecule has 0 amide bonds. The fourth-order valence-corrected chi connectivity index (χ4v) is 3.88. The van der Waals surface area contributed by atoms with Gasteiger partial charge in [-0.15, -0.1) is 11.3 Å². The highest BCUT2D eigenvalue weighted by Gasteiger charge is 2.14. The van der Waals surface area contributed by atoms with Crippen molar-refractivity contribution < 1.29 is 4.39 Å². The van der Waals surface area contributed by atoms with Crippen molar-refractivity contribution in [3.63, 3.8) is 0 Å². The van der Waals surface area contributed by atoms with E-state index in [0.717, 1.165) is 23.2 Å². The Balaban J connectivity index is 1.56. The number of benzene rings is 1. The third-order valence-corrected chi connectivity index (χ3v) is 4.99. The molecule has 1 atom stereocenters. The maximum Gasteiger partial charge on any atom is 0.124 e. The molecule has 3 rings (SSSR count). The van der Waals surface area contributed by atoms with Crippen LogP contribution in [0.5, 0.6) is 0 Å². The molecule has 0 saturated carbocycles. The molecule has 2 aromatic rings. The molecule has 0 bridgehead atoms. The topological polar surface area (TPSA) is 15.3 Å². The van der Waals surface area contributed by atoms with Crippen molar-refractivity contribution in [3.05, 3.63) is 35.0 Å². The van der Waals surface area contributed by atoms with E-state index in [1.54, 1.807) is 17.4 Å². The van der Waals surface area contributed by atoms with Gasteiger partial charge in [0, 0.05) is 28.7 Å². The van der Waals surface area contributed by atoms with Gasteiger partial charge in [-0.3, -0.25) is 0 Å². The highest BCUT2D eigenvalue weighted by atomic mass is 32.1. The van der Waals surface area contributed by atoms with Crippen LogP contribution in [0, 0.1) is 5.82 Å². The number of nitrogens with zero attached hydrogens (tertiary/aromatic N) is 1. The molecule has 20 heavy (non-hydrogen) atoms. The summed E-state index contributed by atoms with van der Waals surface area (Å²) in [7, 11) is 0. The van der Waals surface area contributed by atoms with Crippen LogP contribution in [0.4, 0.5) is 4.39 Å². The molecule has 2 nitrogen and oxygen atoms in total. The monoisotopic (exact) mass is 292 g/mol. The number of halogens is 1. The fourth-order valence-electron chi connectivity index (χ4n) is 2.84. The molecule has 0 aliphatic carbocycles. The predicted molar refractivity (Wildman–Crippen MR) is 83.8 cm³/mol. The quantitative estimate of drug-likeness (QED) is 0.905. The Morgan fingerprint density at radius 2 is 2.10 bits per heavy atom. The second-order valence-electron chi connectivity index (χ2n) is 5.68. The third-order valence-electron chi connectivity index (χ3n) is 3.89. The summed E-state index contributed by atoms with van der Waals surface area (Å²) in [6, 6.07) is 7.67. The lowest BCUT2D eigenvalue weighted by Crippen LogP contribution is -2.37. The molecule has 1 aromatic heterocycles. The minimum absolute atomic E-state index is 0.152. The summed E-state index contributed by atoms with van der Waals surface area (Å²) in [6.45, 7) is 6.73. The number of hydrogen-bond donors (Lipinski definition) is 1. The number of thiophene rings is 1. The molecule has 1 fully saturated rings. The Morgan fingerprint density at radius 3 is 2.90 bits per heavy atom. The predicted octanol–water partition coefficient (Wildman–Crippen LogP) is 3.61. The first-order valence-corrected chi connectivity index (χ1v) is 8.16. The minimum Gasteiger partial charge on any atom is -0.308 e. The number of likely N-dealkylation sites (tertiary alicyclic amines) is 1. The van der Waals surface area contributed by atoms with Crippen molar-refractivity contribution in [2.24, 2.45) is 0 Å². The van der Waals surface area contributed by atoms with E-state index in [0.29, 0.717) is 6.04 Å². The summed E-state index contributed by atoms with van der Waals surface area (Å²) in [4.78, 5) is 3.80. The van der Waals surface area contributed by atoms with E-state index in [4.69, 9.17) is 0 Å². The average Bonchev–Trinajstić information content (AvgIpc) is 3.04. The zero-order valence-electron chi connectivity index (χ0n) is 11.9. The summed E-state index contributed by atoms with van der Waals surface area (Å²) in [5.74, 6) is -0.152. The van der Waals surface area contributed by atoms with Gasteiger partial charge in [-0.2, -0.15) is 0 Å². The molecule has 0 radical (unpaired) electrons. The molecule has 108 valence electrons. The van der Waals surface area contributed by atoms with E-state index in [-0.39, 0.29) is 5.82 Å². The standard InChI is InChI=1S/C16H21FN2S/c1-12(11-19-6-2-3-7-19)18-10-15-8-13-4-5-14(17)9-16(13)20-15/h4-5,8-9,12,18H,2-3,6-7,10-11H2,1H3. The fraction of sp³-hybridized carbons (Fsp3) is 0.500. The van der Waals surface area contributed by atoms with Crippen LogP contribution in [0.3, 0.4) is 0 Å². The normalized spacial score (nSPS) is 17.9. The van der Waals surface area contributed by atoms with Gasteiger partial charge < -0.3 is 10.2 Å². The van der Waals surface area contributed by atoms with E-state index < -0.39 is 0 Å². The molecule has 1 unspecified atom stereocenters. The van der Waals surface area contributed by atoms with Gasteiger partial charge in [0.1, 0.15) is 5.82 Å². The third kappa shape index (κ3) is 3.37. The van der Waals surface area contributed by atoms with Gasteiger partial charge in [-0.05, 0) is 56.4 Å². The molecule has 1 aromatic carbocycles. The van der Waals surface area contributed by atoms with E-state index in [9.17, 15) is 4.39 Å². The highest BCUT2D eigenvalue weighted by Crippen LogP contribution is 2.26. The first-order valence-electron chi connectivity index (χ1n) is 7.34. The summed E-state index contributed by atoms with van der Waals surface area (Å²) in [5.41, 5.74) is 0. The van der Waals surface area contributed by atoms with Gasteiger partial charge in [0.15, 0.2) is 0 Å². The second kappa shape index (κ2) is 6.20. The van der Waals surface area contributed by atoms with Crippen LogP contribution in [0.25, 0.3) is 10.1 Å².